The van der Waals surface area contributed by atoms with Gasteiger partial charge in [0, 0.05) is 17.2 Å². The van der Waals surface area contributed by atoms with E-state index in [0.29, 0.717) is 27.1 Å². The number of alkyl carbamates (subject to hydrolysis) is 1. The number of oxazole rings is 2. The molecule has 4 aromatic heterocycles. The number of nitrogens with one attached hydrogen (secondary N) is 1. The molecule has 4 heterocycles. The van der Waals surface area contributed by atoms with E-state index in [9.17, 15) is 19.5 Å². The number of carboxylic acid groups (broad SMARTS) is 1. The lowest BCUT2D eigenvalue weighted by molar-refractivity contribution is -0.139. The number of hydrogen-bond acceptors (Lipinski definition) is 12. The first-order chi connectivity index (χ1) is 17.0. The van der Waals surface area contributed by atoms with Crippen LogP contribution in [0.15, 0.2) is 32.1 Å². The van der Waals surface area contributed by atoms with Crippen molar-refractivity contribution in [3.63, 3.8) is 0 Å². The standard InChI is InChI=1S/C21H20N6O7S2/c1-21(2,3)34-20(31)27-9(19(29)30)4-14-23-12(7-35-14)16-25-11(6-33-16)18-26-13(8-36-18)17-24-10(5-32-17)15(22)28/h5-9H,4H2,1-3H3,(H2,22,28)(H,27,31)(H,29,30)/t9-/m0/s1. The maximum absolute atomic E-state index is 12.0. The number of ether oxygens (including phenoxy) is 1. The van der Waals surface area contributed by atoms with E-state index < -0.39 is 29.6 Å². The number of amides is 2. The van der Waals surface area contributed by atoms with Crippen molar-refractivity contribution in [1.82, 2.24) is 25.3 Å². The van der Waals surface area contributed by atoms with Crippen molar-refractivity contribution in [1.29, 1.82) is 0 Å². The van der Waals surface area contributed by atoms with Crippen LogP contribution in [0.25, 0.3) is 33.9 Å². The van der Waals surface area contributed by atoms with Crippen molar-refractivity contribution < 1.29 is 33.1 Å². The number of hydrogen-bond donors (Lipinski definition) is 3. The third-order valence-electron chi connectivity index (χ3n) is 4.34. The summed E-state index contributed by atoms with van der Waals surface area (Å²) in [6.07, 6.45) is 1.68. The Kier molecular flexibility index (Phi) is 6.85. The van der Waals surface area contributed by atoms with Gasteiger partial charge in [-0.05, 0) is 20.8 Å². The Labute approximate surface area is 211 Å². The molecular formula is C21H20N6O7S2. The normalized spacial score (nSPS) is 12.3. The fraction of sp³-hybridized carbons (Fsp3) is 0.286. The number of rotatable bonds is 8. The number of primary amides is 1. The molecule has 0 fully saturated rings. The monoisotopic (exact) mass is 532 g/mol. The third kappa shape index (κ3) is 5.92. The van der Waals surface area contributed by atoms with Crippen molar-refractivity contribution in [3.8, 4) is 33.9 Å². The van der Waals surface area contributed by atoms with Gasteiger partial charge in [0.2, 0.25) is 11.8 Å². The minimum atomic E-state index is -1.22. The van der Waals surface area contributed by atoms with Crippen LogP contribution in [0.2, 0.25) is 0 Å². The van der Waals surface area contributed by atoms with Crippen LogP contribution in [0, 0.1) is 0 Å². The summed E-state index contributed by atoms with van der Waals surface area (Å²) in [6, 6.07) is -1.22. The number of aliphatic carboxylic acids is 1. The lowest BCUT2D eigenvalue weighted by Crippen LogP contribution is -2.44. The van der Waals surface area contributed by atoms with E-state index in [-0.39, 0.29) is 23.9 Å². The maximum atomic E-state index is 12.0. The highest BCUT2D eigenvalue weighted by Crippen LogP contribution is 2.30. The van der Waals surface area contributed by atoms with Gasteiger partial charge in [-0.3, -0.25) is 4.79 Å². The molecule has 0 spiro atoms. The molecule has 4 aromatic rings. The number of aromatic nitrogens is 4. The summed E-state index contributed by atoms with van der Waals surface area (Å²) in [6.45, 7) is 5.04. The van der Waals surface area contributed by atoms with Crippen molar-refractivity contribution in [2.75, 3.05) is 0 Å². The molecular weight excluding hydrogens is 512 g/mol. The lowest BCUT2D eigenvalue weighted by Gasteiger charge is -2.21. The Morgan fingerprint density at radius 2 is 1.69 bits per heavy atom. The Morgan fingerprint density at radius 3 is 2.36 bits per heavy atom. The van der Waals surface area contributed by atoms with Gasteiger partial charge in [-0.2, -0.15) is 0 Å². The van der Waals surface area contributed by atoms with Gasteiger partial charge in [0.15, 0.2) is 5.69 Å². The zero-order valence-electron chi connectivity index (χ0n) is 19.2. The summed E-state index contributed by atoms with van der Waals surface area (Å²) < 4.78 is 15.9. The molecule has 0 saturated heterocycles. The summed E-state index contributed by atoms with van der Waals surface area (Å²) in [7, 11) is 0. The van der Waals surface area contributed by atoms with Gasteiger partial charge in [-0.25, -0.2) is 29.5 Å². The number of carbonyl (C=O) groups excluding carboxylic acids is 2. The number of nitrogens with two attached hydrogens (primary N) is 1. The zero-order valence-corrected chi connectivity index (χ0v) is 20.8. The predicted molar refractivity (Wildman–Crippen MR) is 127 cm³/mol. The van der Waals surface area contributed by atoms with E-state index in [4.69, 9.17) is 19.3 Å². The zero-order chi connectivity index (χ0) is 26.0. The van der Waals surface area contributed by atoms with E-state index in [2.05, 4.69) is 25.3 Å². The molecule has 4 rings (SSSR count). The number of thiazole rings is 2. The van der Waals surface area contributed by atoms with Crippen LogP contribution in [0.3, 0.4) is 0 Å². The van der Waals surface area contributed by atoms with Crippen LogP contribution in [0.5, 0.6) is 0 Å². The lowest BCUT2D eigenvalue weighted by atomic mass is 10.2. The summed E-state index contributed by atoms with van der Waals surface area (Å²) in [5.74, 6) is -1.57. The summed E-state index contributed by atoms with van der Waals surface area (Å²) in [5, 5.41) is 16.2. The Hall–Kier alpha value is -4.11. The van der Waals surface area contributed by atoms with Gasteiger partial charge >= 0.3 is 12.1 Å². The Morgan fingerprint density at radius 1 is 1.03 bits per heavy atom. The molecule has 0 bridgehead atoms. The summed E-state index contributed by atoms with van der Waals surface area (Å²) in [5.41, 5.74) is 5.66. The molecule has 4 N–H and O–H groups in total. The number of carbonyl (C=O) groups is 3. The highest BCUT2D eigenvalue weighted by Gasteiger charge is 2.26. The largest absolute Gasteiger partial charge is 0.480 e. The first-order valence-electron chi connectivity index (χ1n) is 10.3. The molecule has 36 heavy (non-hydrogen) atoms. The van der Waals surface area contributed by atoms with E-state index in [1.807, 2.05) is 0 Å². The SMILES string of the molecule is CC(C)(C)OC(=O)N[C@@H](Cc1nc(-c2nc(-c3nc(-c4nc(C(N)=O)co4)cs3)co2)cs1)C(=O)O. The van der Waals surface area contributed by atoms with Gasteiger partial charge in [-0.15, -0.1) is 22.7 Å². The van der Waals surface area contributed by atoms with Crippen LogP contribution >= 0.6 is 22.7 Å². The molecule has 0 unspecified atom stereocenters. The van der Waals surface area contributed by atoms with E-state index >= 15 is 0 Å². The summed E-state index contributed by atoms with van der Waals surface area (Å²) in [4.78, 5) is 52.0. The molecule has 0 radical (unpaired) electrons. The Balaban J connectivity index is 1.45. The second kappa shape index (κ2) is 9.87. The fourth-order valence-electron chi connectivity index (χ4n) is 2.81. The molecule has 1 atom stereocenters. The average Bonchev–Trinajstić information content (AvgIpc) is 3.57. The van der Waals surface area contributed by atoms with Crippen molar-refractivity contribution in [2.45, 2.75) is 38.8 Å². The van der Waals surface area contributed by atoms with Crippen molar-refractivity contribution in [3.05, 3.63) is 34.0 Å². The average molecular weight is 533 g/mol. The van der Waals surface area contributed by atoms with Gasteiger partial charge < -0.3 is 29.7 Å². The number of carboxylic acids is 1. The molecule has 188 valence electrons. The predicted octanol–water partition coefficient (Wildman–Crippen LogP) is 3.20. The van der Waals surface area contributed by atoms with Crippen LogP contribution < -0.4 is 11.1 Å². The smallest absolute Gasteiger partial charge is 0.408 e. The quantitative estimate of drug-likeness (QED) is 0.301. The third-order valence-corrected chi connectivity index (χ3v) is 6.08. The molecule has 0 aromatic carbocycles. The topological polar surface area (TPSA) is 197 Å². The molecule has 0 aliphatic rings. The molecule has 2 amide bonds. The highest BCUT2D eigenvalue weighted by molar-refractivity contribution is 7.13. The van der Waals surface area contributed by atoms with Gasteiger partial charge in [0.05, 0.1) is 5.01 Å². The van der Waals surface area contributed by atoms with Crippen LogP contribution in [-0.4, -0.2) is 54.7 Å². The first kappa shape index (κ1) is 25.0. The first-order valence-corrected chi connectivity index (χ1v) is 12.1. The van der Waals surface area contributed by atoms with Gasteiger partial charge in [0.25, 0.3) is 5.91 Å². The van der Waals surface area contributed by atoms with Crippen LogP contribution in [0.1, 0.15) is 36.3 Å². The Bertz CT molecular complexity index is 1410. The molecule has 0 aliphatic carbocycles. The highest BCUT2D eigenvalue weighted by atomic mass is 32.1. The minimum Gasteiger partial charge on any atom is -0.480 e. The second-order valence-corrected chi connectivity index (χ2v) is 10.1. The van der Waals surface area contributed by atoms with Crippen molar-refractivity contribution >= 4 is 40.6 Å². The molecule has 15 heteroatoms. The fourth-order valence-corrected chi connectivity index (χ4v) is 4.37. The molecule has 0 saturated carbocycles. The molecule has 13 nitrogen and oxygen atoms in total. The molecule has 0 aliphatic heterocycles. The van der Waals surface area contributed by atoms with Gasteiger partial charge in [0.1, 0.15) is 46.3 Å². The number of nitrogens with zero attached hydrogens (tertiary/aromatic N) is 4. The van der Waals surface area contributed by atoms with E-state index in [1.54, 1.807) is 31.5 Å². The van der Waals surface area contributed by atoms with Crippen molar-refractivity contribution in [2.24, 2.45) is 5.73 Å². The second-order valence-electron chi connectivity index (χ2n) is 8.35. The van der Waals surface area contributed by atoms with E-state index in [0.717, 1.165) is 6.26 Å². The van der Waals surface area contributed by atoms with E-state index in [1.165, 1.54) is 28.9 Å². The minimum absolute atomic E-state index is 0.00552. The summed E-state index contributed by atoms with van der Waals surface area (Å²) >= 11 is 2.47. The maximum Gasteiger partial charge on any atom is 0.408 e. The van der Waals surface area contributed by atoms with Crippen LogP contribution in [0.4, 0.5) is 4.79 Å². The van der Waals surface area contributed by atoms with Gasteiger partial charge in [-0.1, -0.05) is 0 Å². The van der Waals surface area contributed by atoms with Crippen LogP contribution in [-0.2, 0) is 16.0 Å².